The molecular weight excluding hydrogens is 338 g/mol. The Kier molecular flexibility index (Phi) is 4.67. The highest BCUT2D eigenvalue weighted by atomic mass is 16.2. The van der Waals surface area contributed by atoms with Crippen LogP contribution in [0.25, 0.3) is 10.9 Å². The highest BCUT2D eigenvalue weighted by Crippen LogP contribution is 2.40. The van der Waals surface area contributed by atoms with E-state index in [1.54, 1.807) is 11.9 Å². The van der Waals surface area contributed by atoms with Crippen LogP contribution in [0.2, 0.25) is 0 Å². The molecule has 3 aromatic rings. The third kappa shape index (κ3) is 3.58. The van der Waals surface area contributed by atoms with Crippen LogP contribution in [0.15, 0.2) is 60.8 Å². The van der Waals surface area contributed by atoms with E-state index in [4.69, 9.17) is 0 Å². The van der Waals surface area contributed by atoms with Gasteiger partial charge in [-0.3, -0.25) is 9.59 Å². The number of rotatable bonds is 6. The fourth-order valence-electron chi connectivity index (χ4n) is 3.58. The second-order valence-electron chi connectivity index (χ2n) is 7.08. The van der Waals surface area contributed by atoms with Crippen molar-refractivity contribution in [3.05, 3.63) is 66.4 Å². The largest absolute Gasteiger partial charge is 0.361 e. The topological polar surface area (TPSA) is 65.2 Å². The summed E-state index contributed by atoms with van der Waals surface area (Å²) in [6.45, 7) is 0.576. The highest BCUT2D eigenvalue weighted by molar-refractivity contribution is 6.00. The Labute approximate surface area is 158 Å². The first-order valence-corrected chi connectivity index (χ1v) is 9.30. The number of nitrogens with one attached hydrogen (secondary N) is 2. The smallest absolute Gasteiger partial charge is 0.230 e. The maximum Gasteiger partial charge on any atom is 0.230 e. The van der Waals surface area contributed by atoms with Crippen LogP contribution in [0.5, 0.6) is 0 Å². The SMILES string of the molecule is CN(C(=O)C1CC1C(=O)NCCc1c[nH]c2ccccc12)c1ccccc1. The first-order chi connectivity index (χ1) is 13.1. The number of nitrogens with zero attached hydrogens (tertiary/aromatic N) is 1. The lowest BCUT2D eigenvalue weighted by Gasteiger charge is -2.17. The van der Waals surface area contributed by atoms with Gasteiger partial charge in [-0.15, -0.1) is 0 Å². The molecule has 0 aliphatic heterocycles. The van der Waals surface area contributed by atoms with E-state index in [1.165, 1.54) is 10.9 Å². The molecule has 5 nitrogen and oxygen atoms in total. The van der Waals surface area contributed by atoms with Gasteiger partial charge in [0.25, 0.3) is 0 Å². The predicted octanol–water partition coefficient (Wildman–Crippen LogP) is 3.13. The van der Waals surface area contributed by atoms with E-state index < -0.39 is 0 Å². The number of amides is 2. The molecule has 138 valence electrons. The molecule has 0 bridgehead atoms. The van der Waals surface area contributed by atoms with Crippen molar-refractivity contribution in [2.75, 3.05) is 18.5 Å². The fraction of sp³-hybridized carbons (Fsp3) is 0.273. The van der Waals surface area contributed by atoms with Gasteiger partial charge in [0.2, 0.25) is 11.8 Å². The zero-order chi connectivity index (χ0) is 18.8. The number of benzene rings is 2. The molecule has 2 N–H and O–H groups in total. The number of para-hydroxylation sites is 2. The van der Waals surface area contributed by atoms with E-state index in [0.717, 1.165) is 17.6 Å². The number of carbonyl (C=O) groups excluding carboxylic acids is 2. The number of anilines is 1. The molecule has 2 aromatic carbocycles. The number of aromatic amines is 1. The standard InChI is InChI=1S/C22H23N3O2/c1-25(16-7-3-2-4-8-16)22(27)19-13-18(19)21(26)23-12-11-15-14-24-20-10-6-5-9-17(15)20/h2-10,14,18-19,24H,11-13H2,1H3,(H,23,26). The van der Waals surface area contributed by atoms with E-state index in [0.29, 0.717) is 13.0 Å². The van der Waals surface area contributed by atoms with Crippen LogP contribution < -0.4 is 10.2 Å². The summed E-state index contributed by atoms with van der Waals surface area (Å²) in [5.41, 5.74) is 3.15. The van der Waals surface area contributed by atoms with E-state index in [9.17, 15) is 9.59 Å². The number of aromatic nitrogens is 1. The van der Waals surface area contributed by atoms with Gasteiger partial charge in [-0.2, -0.15) is 0 Å². The second kappa shape index (κ2) is 7.27. The van der Waals surface area contributed by atoms with Gasteiger partial charge < -0.3 is 15.2 Å². The highest BCUT2D eigenvalue weighted by Gasteiger charge is 2.49. The van der Waals surface area contributed by atoms with Crippen molar-refractivity contribution in [2.45, 2.75) is 12.8 Å². The van der Waals surface area contributed by atoms with Gasteiger partial charge in [-0.05, 0) is 36.6 Å². The van der Waals surface area contributed by atoms with Gasteiger partial charge in [-0.25, -0.2) is 0 Å². The van der Waals surface area contributed by atoms with E-state index in [2.05, 4.69) is 16.4 Å². The molecule has 1 aromatic heterocycles. The molecule has 0 spiro atoms. The molecule has 2 unspecified atom stereocenters. The van der Waals surface area contributed by atoms with Crippen LogP contribution in [0.1, 0.15) is 12.0 Å². The van der Waals surface area contributed by atoms with Crippen molar-refractivity contribution in [2.24, 2.45) is 11.8 Å². The zero-order valence-electron chi connectivity index (χ0n) is 15.3. The summed E-state index contributed by atoms with van der Waals surface area (Å²) in [7, 11) is 1.77. The van der Waals surface area contributed by atoms with Crippen molar-refractivity contribution in [1.82, 2.24) is 10.3 Å². The summed E-state index contributed by atoms with van der Waals surface area (Å²) in [6.07, 6.45) is 3.40. The molecule has 5 heteroatoms. The van der Waals surface area contributed by atoms with Gasteiger partial charge in [0.15, 0.2) is 0 Å². The molecule has 0 radical (unpaired) electrons. The number of hydrogen-bond donors (Lipinski definition) is 2. The first kappa shape index (κ1) is 17.3. The van der Waals surface area contributed by atoms with Crippen molar-refractivity contribution in [3.8, 4) is 0 Å². The average molecular weight is 361 g/mol. The molecule has 2 atom stereocenters. The summed E-state index contributed by atoms with van der Waals surface area (Å²) < 4.78 is 0. The Balaban J connectivity index is 1.28. The minimum atomic E-state index is -0.205. The van der Waals surface area contributed by atoms with Gasteiger partial charge in [0.05, 0.1) is 11.8 Å². The molecule has 1 fully saturated rings. The first-order valence-electron chi connectivity index (χ1n) is 9.30. The van der Waals surface area contributed by atoms with Crippen LogP contribution in [-0.2, 0) is 16.0 Å². The van der Waals surface area contributed by atoms with Crippen molar-refractivity contribution in [3.63, 3.8) is 0 Å². The van der Waals surface area contributed by atoms with Crippen LogP contribution in [-0.4, -0.2) is 30.4 Å². The van der Waals surface area contributed by atoms with Crippen LogP contribution in [0.3, 0.4) is 0 Å². The molecule has 1 heterocycles. The summed E-state index contributed by atoms with van der Waals surface area (Å²) in [5, 5.41) is 4.18. The third-order valence-electron chi connectivity index (χ3n) is 5.29. The maximum atomic E-state index is 12.6. The van der Waals surface area contributed by atoms with Gasteiger partial charge >= 0.3 is 0 Å². The predicted molar refractivity (Wildman–Crippen MR) is 106 cm³/mol. The Morgan fingerprint density at radius 1 is 1.07 bits per heavy atom. The van der Waals surface area contributed by atoms with Crippen LogP contribution in [0.4, 0.5) is 5.69 Å². The zero-order valence-corrected chi connectivity index (χ0v) is 15.3. The van der Waals surface area contributed by atoms with Crippen molar-refractivity contribution >= 4 is 28.4 Å². The molecule has 0 saturated heterocycles. The third-order valence-corrected chi connectivity index (χ3v) is 5.29. The summed E-state index contributed by atoms with van der Waals surface area (Å²) >= 11 is 0. The van der Waals surface area contributed by atoms with Gasteiger partial charge in [0, 0.05) is 36.4 Å². The molecule has 4 rings (SSSR count). The Hall–Kier alpha value is -3.08. The Bertz CT molecular complexity index is 964. The number of carbonyl (C=O) groups is 2. The molecule has 1 aliphatic carbocycles. The van der Waals surface area contributed by atoms with Gasteiger partial charge in [-0.1, -0.05) is 36.4 Å². The Morgan fingerprint density at radius 2 is 1.81 bits per heavy atom. The summed E-state index contributed by atoms with van der Waals surface area (Å²) in [4.78, 5) is 29.8. The van der Waals surface area contributed by atoms with E-state index in [1.807, 2.05) is 54.7 Å². The lowest BCUT2D eigenvalue weighted by molar-refractivity contribution is -0.125. The lowest BCUT2D eigenvalue weighted by atomic mass is 10.1. The number of fused-ring (bicyclic) bond motifs is 1. The van der Waals surface area contributed by atoms with E-state index in [-0.39, 0.29) is 23.7 Å². The average Bonchev–Trinajstić information content (AvgIpc) is 3.42. The number of H-pyrrole nitrogens is 1. The van der Waals surface area contributed by atoms with E-state index >= 15 is 0 Å². The van der Waals surface area contributed by atoms with Crippen molar-refractivity contribution in [1.29, 1.82) is 0 Å². The normalized spacial score (nSPS) is 18.3. The minimum Gasteiger partial charge on any atom is -0.361 e. The molecule has 1 saturated carbocycles. The maximum absolute atomic E-state index is 12.6. The van der Waals surface area contributed by atoms with Crippen molar-refractivity contribution < 1.29 is 9.59 Å². The number of hydrogen-bond acceptors (Lipinski definition) is 2. The van der Waals surface area contributed by atoms with Crippen LogP contribution >= 0.6 is 0 Å². The Morgan fingerprint density at radius 3 is 2.63 bits per heavy atom. The molecule has 1 aliphatic rings. The van der Waals surface area contributed by atoms with Gasteiger partial charge in [0.1, 0.15) is 0 Å². The molecular formula is C22H23N3O2. The lowest BCUT2D eigenvalue weighted by Crippen LogP contribution is -2.32. The van der Waals surface area contributed by atoms with Crippen LogP contribution in [0, 0.1) is 11.8 Å². The second-order valence-corrected chi connectivity index (χ2v) is 7.08. The quantitative estimate of drug-likeness (QED) is 0.708. The molecule has 27 heavy (non-hydrogen) atoms. The summed E-state index contributed by atoms with van der Waals surface area (Å²) in [6, 6.07) is 17.7. The monoisotopic (exact) mass is 361 g/mol. The minimum absolute atomic E-state index is 0.0120. The summed E-state index contributed by atoms with van der Waals surface area (Å²) in [5.74, 6) is -0.414. The molecule has 2 amide bonds. The fourth-order valence-corrected chi connectivity index (χ4v) is 3.58.